The molecule has 13 heavy (non-hydrogen) atoms. The SMILES string of the molecule is c1cc2c(c(C3CNC3)c1)CCC2. The Labute approximate surface area is 79.2 Å². The van der Waals surface area contributed by atoms with Crippen LogP contribution in [0.1, 0.15) is 29.0 Å². The lowest BCUT2D eigenvalue weighted by atomic mass is 9.88. The van der Waals surface area contributed by atoms with E-state index in [1.54, 1.807) is 16.7 Å². The van der Waals surface area contributed by atoms with E-state index in [1.807, 2.05) is 0 Å². The van der Waals surface area contributed by atoms with Crippen molar-refractivity contribution in [3.05, 3.63) is 34.9 Å². The third kappa shape index (κ3) is 1.11. The molecule has 0 aromatic heterocycles. The zero-order chi connectivity index (χ0) is 8.67. The Morgan fingerprint density at radius 2 is 2.08 bits per heavy atom. The first kappa shape index (κ1) is 7.57. The van der Waals surface area contributed by atoms with E-state index in [0.29, 0.717) is 0 Å². The molecule has 1 nitrogen and oxygen atoms in total. The Balaban J connectivity index is 2.04. The zero-order valence-electron chi connectivity index (χ0n) is 7.84. The van der Waals surface area contributed by atoms with Crippen molar-refractivity contribution in [3.8, 4) is 0 Å². The van der Waals surface area contributed by atoms with E-state index < -0.39 is 0 Å². The fraction of sp³-hybridized carbons (Fsp3) is 0.500. The number of hydrogen-bond acceptors (Lipinski definition) is 1. The van der Waals surface area contributed by atoms with Gasteiger partial charge in [-0.3, -0.25) is 0 Å². The van der Waals surface area contributed by atoms with Crippen LogP contribution in [-0.4, -0.2) is 13.1 Å². The van der Waals surface area contributed by atoms with Gasteiger partial charge in [0.05, 0.1) is 0 Å². The molecule has 1 saturated heterocycles. The standard InChI is InChI=1S/C12H15N/c1-3-9-4-2-6-12(11(9)5-1)10-7-13-8-10/h2,4,6,10,13H,1,3,5,7-8H2. The van der Waals surface area contributed by atoms with E-state index in [1.165, 1.54) is 32.4 Å². The second-order valence-corrected chi connectivity index (χ2v) is 4.19. The normalized spacial score (nSPS) is 21.2. The number of hydrogen-bond donors (Lipinski definition) is 1. The van der Waals surface area contributed by atoms with Crippen LogP contribution >= 0.6 is 0 Å². The van der Waals surface area contributed by atoms with Crippen LogP contribution in [0.25, 0.3) is 0 Å². The molecule has 3 rings (SSSR count). The summed E-state index contributed by atoms with van der Waals surface area (Å²) in [5.74, 6) is 0.813. The molecule has 1 heteroatoms. The van der Waals surface area contributed by atoms with Crippen molar-refractivity contribution in [1.82, 2.24) is 5.32 Å². The molecule has 1 aromatic rings. The summed E-state index contributed by atoms with van der Waals surface area (Å²) >= 11 is 0. The first-order chi connectivity index (χ1) is 6.45. The largest absolute Gasteiger partial charge is 0.315 e. The van der Waals surface area contributed by atoms with Gasteiger partial charge in [0.15, 0.2) is 0 Å². The molecule has 1 fully saturated rings. The van der Waals surface area contributed by atoms with Crippen LogP contribution in [0.3, 0.4) is 0 Å². The summed E-state index contributed by atoms with van der Waals surface area (Å²) in [6.07, 6.45) is 4.00. The van der Waals surface area contributed by atoms with Gasteiger partial charge in [-0.1, -0.05) is 18.2 Å². The second kappa shape index (κ2) is 2.85. The molecular weight excluding hydrogens is 158 g/mol. The van der Waals surface area contributed by atoms with E-state index in [4.69, 9.17) is 0 Å². The average Bonchev–Trinajstić information content (AvgIpc) is 2.49. The zero-order valence-corrected chi connectivity index (χ0v) is 7.84. The van der Waals surface area contributed by atoms with Crippen molar-refractivity contribution in [2.24, 2.45) is 0 Å². The smallest absolute Gasteiger partial charge is 0.00913 e. The van der Waals surface area contributed by atoms with E-state index in [9.17, 15) is 0 Å². The molecule has 0 atom stereocenters. The van der Waals surface area contributed by atoms with E-state index >= 15 is 0 Å². The van der Waals surface area contributed by atoms with Crippen molar-refractivity contribution >= 4 is 0 Å². The highest BCUT2D eigenvalue weighted by molar-refractivity contribution is 5.41. The lowest BCUT2D eigenvalue weighted by Gasteiger charge is -2.29. The minimum Gasteiger partial charge on any atom is -0.315 e. The molecule has 0 unspecified atom stereocenters. The quantitative estimate of drug-likeness (QED) is 0.683. The molecule has 68 valence electrons. The third-order valence-electron chi connectivity index (χ3n) is 3.40. The van der Waals surface area contributed by atoms with Crippen LogP contribution in [0.4, 0.5) is 0 Å². The summed E-state index contributed by atoms with van der Waals surface area (Å²) in [4.78, 5) is 0. The number of benzene rings is 1. The summed E-state index contributed by atoms with van der Waals surface area (Å²) in [6.45, 7) is 2.38. The number of fused-ring (bicyclic) bond motifs is 1. The van der Waals surface area contributed by atoms with Gasteiger partial charge in [-0.15, -0.1) is 0 Å². The first-order valence-electron chi connectivity index (χ1n) is 5.26. The molecule has 1 aromatic carbocycles. The van der Waals surface area contributed by atoms with Crippen molar-refractivity contribution < 1.29 is 0 Å². The van der Waals surface area contributed by atoms with Gasteiger partial charge in [0.2, 0.25) is 0 Å². The molecule has 1 heterocycles. The van der Waals surface area contributed by atoms with Crippen LogP contribution in [0.5, 0.6) is 0 Å². The van der Waals surface area contributed by atoms with Gasteiger partial charge >= 0.3 is 0 Å². The highest BCUT2D eigenvalue weighted by Crippen LogP contribution is 2.31. The van der Waals surface area contributed by atoms with Crippen molar-refractivity contribution in [1.29, 1.82) is 0 Å². The van der Waals surface area contributed by atoms with E-state index in [0.717, 1.165) is 5.92 Å². The maximum Gasteiger partial charge on any atom is 0.00913 e. The summed E-state index contributed by atoms with van der Waals surface area (Å²) in [5, 5.41) is 3.35. The molecule has 2 aliphatic rings. The van der Waals surface area contributed by atoms with Crippen LogP contribution < -0.4 is 5.32 Å². The molecule has 0 amide bonds. The summed E-state index contributed by atoms with van der Waals surface area (Å²) in [6, 6.07) is 6.87. The molecular formula is C12H15N. The van der Waals surface area contributed by atoms with Gasteiger partial charge < -0.3 is 5.32 Å². The minimum atomic E-state index is 0.813. The van der Waals surface area contributed by atoms with Gasteiger partial charge in [0, 0.05) is 19.0 Å². The molecule has 1 aliphatic carbocycles. The lowest BCUT2D eigenvalue weighted by molar-refractivity contribution is 0.446. The predicted octanol–water partition coefficient (Wildman–Crippen LogP) is 1.86. The van der Waals surface area contributed by atoms with E-state index in [2.05, 4.69) is 23.5 Å². The number of aryl methyl sites for hydroxylation is 1. The molecule has 1 aliphatic heterocycles. The van der Waals surface area contributed by atoms with Crippen LogP contribution in [0.15, 0.2) is 18.2 Å². The maximum atomic E-state index is 3.35. The van der Waals surface area contributed by atoms with Gasteiger partial charge in [-0.05, 0) is 36.0 Å². The lowest BCUT2D eigenvalue weighted by Crippen LogP contribution is -2.40. The molecule has 0 radical (unpaired) electrons. The van der Waals surface area contributed by atoms with Crippen LogP contribution in [0.2, 0.25) is 0 Å². The molecule has 0 bridgehead atoms. The number of rotatable bonds is 1. The predicted molar refractivity (Wildman–Crippen MR) is 54.1 cm³/mol. The minimum absolute atomic E-state index is 0.813. The summed E-state index contributed by atoms with van der Waals surface area (Å²) in [7, 11) is 0. The average molecular weight is 173 g/mol. The topological polar surface area (TPSA) is 12.0 Å². The van der Waals surface area contributed by atoms with Crippen molar-refractivity contribution in [3.63, 3.8) is 0 Å². The Bertz CT molecular complexity index is 326. The number of nitrogens with one attached hydrogen (secondary N) is 1. The Hall–Kier alpha value is -0.820. The van der Waals surface area contributed by atoms with Crippen molar-refractivity contribution in [2.45, 2.75) is 25.2 Å². The fourth-order valence-corrected chi connectivity index (χ4v) is 2.54. The van der Waals surface area contributed by atoms with Crippen molar-refractivity contribution in [2.75, 3.05) is 13.1 Å². The Morgan fingerprint density at radius 1 is 1.15 bits per heavy atom. The molecule has 0 spiro atoms. The summed E-state index contributed by atoms with van der Waals surface area (Å²) < 4.78 is 0. The van der Waals surface area contributed by atoms with Gasteiger partial charge in [0.25, 0.3) is 0 Å². The molecule has 1 N–H and O–H groups in total. The van der Waals surface area contributed by atoms with Crippen LogP contribution in [-0.2, 0) is 12.8 Å². The highest BCUT2D eigenvalue weighted by Gasteiger charge is 2.24. The molecule has 0 saturated carbocycles. The second-order valence-electron chi connectivity index (χ2n) is 4.19. The fourth-order valence-electron chi connectivity index (χ4n) is 2.54. The maximum absolute atomic E-state index is 3.35. The third-order valence-corrected chi connectivity index (χ3v) is 3.40. The Morgan fingerprint density at radius 3 is 2.85 bits per heavy atom. The Kier molecular flexibility index (Phi) is 1.66. The van der Waals surface area contributed by atoms with Crippen LogP contribution in [0, 0.1) is 0 Å². The van der Waals surface area contributed by atoms with Gasteiger partial charge in [0.1, 0.15) is 0 Å². The van der Waals surface area contributed by atoms with Gasteiger partial charge in [-0.25, -0.2) is 0 Å². The highest BCUT2D eigenvalue weighted by atomic mass is 14.9. The summed E-state index contributed by atoms with van der Waals surface area (Å²) in [5.41, 5.74) is 4.92. The monoisotopic (exact) mass is 173 g/mol. The first-order valence-corrected chi connectivity index (χ1v) is 5.26. The van der Waals surface area contributed by atoms with Gasteiger partial charge in [-0.2, -0.15) is 0 Å². The van der Waals surface area contributed by atoms with E-state index in [-0.39, 0.29) is 0 Å².